The van der Waals surface area contributed by atoms with Crippen LogP contribution in [0.5, 0.6) is 0 Å². The second-order valence-electron chi connectivity index (χ2n) is 8.27. The first-order chi connectivity index (χ1) is 13.7. The largest absolute Gasteiger partial charge is 0.356 e. The summed E-state index contributed by atoms with van der Waals surface area (Å²) in [4.78, 5) is 18.1. The number of unbranched alkanes of at least 4 members (excludes halogenated alkanes) is 1. The van der Waals surface area contributed by atoms with Gasteiger partial charge in [-0.1, -0.05) is 33.1 Å². The van der Waals surface area contributed by atoms with Gasteiger partial charge in [0.15, 0.2) is 5.96 Å². The van der Waals surface area contributed by atoms with E-state index in [4.69, 9.17) is 0 Å². The smallest absolute Gasteiger partial charge is 0.243 e. The summed E-state index contributed by atoms with van der Waals surface area (Å²) in [6.07, 6.45) is 5.68. The van der Waals surface area contributed by atoms with Crippen molar-refractivity contribution in [3.05, 3.63) is 17.0 Å². The van der Waals surface area contributed by atoms with E-state index < -0.39 is 0 Å². The van der Waals surface area contributed by atoms with Gasteiger partial charge in [0.25, 0.3) is 0 Å². The van der Waals surface area contributed by atoms with Crippen LogP contribution in [0.1, 0.15) is 63.4 Å². The van der Waals surface area contributed by atoms with E-state index in [1.54, 1.807) is 19.0 Å². The van der Waals surface area contributed by atoms with Crippen LogP contribution in [0.3, 0.4) is 0 Å². The van der Waals surface area contributed by atoms with E-state index in [9.17, 15) is 4.79 Å². The molecule has 0 saturated carbocycles. The lowest BCUT2D eigenvalue weighted by Gasteiger charge is -2.22. The molecule has 2 atom stereocenters. The van der Waals surface area contributed by atoms with Crippen LogP contribution in [0.15, 0.2) is 4.99 Å². The Kier molecular flexibility index (Phi) is 10.8. The van der Waals surface area contributed by atoms with Gasteiger partial charge in [0.1, 0.15) is 6.54 Å². The quantitative estimate of drug-likeness (QED) is 0.438. The number of carbonyl (C=O) groups is 1. The summed E-state index contributed by atoms with van der Waals surface area (Å²) >= 11 is 0. The number of nitrogens with zero attached hydrogens (tertiary/aromatic N) is 4. The predicted octanol–water partition coefficient (Wildman–Crippen LogP) is 2.81. The molecule has 1 amide bonds. The molecule has 29 heavy (non-hydrogen) atoms. The average molecular weight is 407 g/mol. The fraction of sp³-hybridized carbons (Fsp3) is 0.773. The van der Waals surface area contributed by atoms with Crippen LogP contribution in [-0.4, -0.2) is 59.8 Å². The van der Waals surface area contributed by atoms with Crippen molar-refractivity contribution < 1.29 is 4.79 Å². The zero-order valence-corrected chi connectivity index (χ0v) is 19.8. The van der Waals surface area contributed by atoms with E-state index in [1.807, 2.05) is 11.7 Å². The van der Waals surface area contributed by atoms with Crippen LogP contribution in [0.25, 0.3) is 0 Å². The highest BCUT2D eigenvalue weighted by Crippen LogP contribution is 2.14. The minimum atomic E-state index is -0.00396. The number of hydrogen-bond donors (Lipinski definition) is 2. The van der Waals surface area contributed by atoms with Crippen molar-refractivity contribution in [3.63, 3.8) is 0 Å². The van der Waals surface area contributed by atoms with Gasteiger partial charge >= 0.3 is 0 Å². The molecule has 0 bridgehead atoms. The lowest BCUT2D eigenvalue weighted by atomic mass is 9.99. The first-order valence-electron chi connectivity index (χ1n) is 10.9. The van der Waals surface area contributed by atoms with Crippen LogP contribution in [0, 0.1) is 19.8 Å². The molecule has 1 rings (SSSR count). The zero-order valence-electron chi connectivity index (χ0n) is 19.8. The van der Waals surface area contributed by atoms with E-state index in [2.05, 4.69) is 55.3 Å². The number of aryl methyl sites for hydroxylation is 2. The molecule has 7 heteroatoms. The van der Waals surface area contributed by atoms with Crippen molar-refractivity contribution in [2.75, 3.05) is 27.2 Å². The summed E-state index contributed by atoms with van der Waals surface area (Å²) in [5.41, 5.74) is 3.53. The van der Waals surface area contributed by atoms with Gasteiger partial charge < -0.3 is 15.5 Å². The highest BCUT2D eigenvalue weighted by atomic mass is 16.2. The number of rotatable bonds is 11. The molecular formula is C22H42N6O. The summed E-state index contributed by atoms with van der Waals surface area (Å²) in [7, 11) is 5.49. The van der Waals surface area contributed by atoms with Crippen molar-refractivity contribution in [1.82, 2.24) is 25.3 Å². The van der Waals surface area contributed by atoms with E-state index >= 15 is 0 Å². The molecule has 1 aromatic heterocycles. The SMILES string of the molecule is CCCCC(CC)CNC(=NCC(=O)N(C)C)NC(C)Cc1c(C)nn(C)c1C. The van der Waals surface area contributed by atoms with Crippen LogP contribution in [0.4, 0.5) is 0 Å². The minimum Gasteiger partial charge on any atom is -0.356 e. The molecule has 0 aromatic carbocycles. The van der Waals surface area contributed by atoms with Crippen LogP contribution in [-0.2, 0) is 18.3 Å². The third-order valence-corrected chi connectivity index (χ3v) is 5.53. The summed E-state index contributed by atoms with van der Waals surface area (Å²) < 4.78 is 1.93. The van der Waals surface area contributed by atoms with Gasteiger partial charge in [-0.2, -0.15) is 5.10 Å². The molecule has 166 valence electrons. The Morgan fingerprint density at radius 1 is 1.28 bits per heavy atom. The third kappa shape index (κ3) is 8.46. The molecule has 2 unspecified atom stereocenters. The number of likely N-dealkylation sites (N-methyl/N-ethyl adjacent to an activating group) is 1. The molecular weight excluding hydrogens is 364 g/mol. The van der Waals surface area contributed by atoms with Crippen molar-refractivity contribution in [1.29, 1.82) is 0 Å². The summed E-state index contributed by atoms with van der Waals surface area (Å²) in [5, 5.41) is 11.5. The summed E-state index contributed by atoms with van der Waals surface area (Å²) in [5.74, 6) is 1.32. The maximum absolute atomic E-state index is 12.0. The molecule has 1 aromatic rings. The Labute approximate surface area is 177 Å². The Hall–Kier alpha value is -2.05. The first kappa shape index (κ1) is 25.0. The second-order valence-corrected chi connectivity index (χ2v) is 8.27. The molecule has 0 saturated heterocycles. The van der Waals surface area contributed by atoms with Gasteiger partial charge in [-0.15, -0.1) is 0 Å². The van der Waals surface area contributed by atoms with Crippen molar-refractivity contribution in [3.8, 4) is 0 Å². The Morgan fingerprint density at radius 2 is 1.97 bits per heavy atom. The molecule has 0 aliphatic rings. The Bertz CT molecular complexity index is 665. The monoisotopic (exact) mass is 406 g/mol. The standard InChI is InChI=1S/C22H42N6O/c1-9-11-12-19(10-2)14-23-22(24-15-21(29)27(6)7)25-16(3)13-20-17(4)26-28(8)18(20)5/h16,19H,9-15H2,1-8H3,(H2,23,24,25). The van der Waals surface area contributed by atoms with Gasteiger partial charge in [-0.05, 0) is 45.1 Å². The number of aliphatic imine (C=N–C) groups is 1. The lowest BCUT2D eigenvalue weighted by molar-refractivity contribution is -0.127. The number of guanidine groups is 1. The maximum Gasteiger partial charge on any atom is 0.243 e. The predicted molar refractivity (Wildman–Crippen MR) is 121 cm³/mol. The van der Waals surface area contributed by atoms with Crippen molar-refractivity contribution in [2.45, 2.75) is 72.8 Å². The fourth-order valence-electron chi connectivity index (χ4n) is 3.33. The molecule has 0 radical (unpaired) electrons. The molecule has 1 heterocycles. The van der Waals surface area contributed by atoms with Gasteiger partial charge in [-0.25, -0.2) is 4.99 Å². The van der Waals surface area contributed by atoms with Crippen LogP contribution in [0.2, 0.25) is 0 Å². The molecule has 7 nitrogen and oxygen atoms in total. The number of nitrogens with one attached hydrogen (secondary N) is 2. The highest BCUT2D eigenvalue weighted by Gasteiger charge is 2.15. The number of carbonyl (C=O) groups excluding carboxylic acids is 1. The second kappa shape index (κ2) is 12.5. The molecule has 0 fully saturated rings. The zero-order chi connectivity index (χ0) is 22.0. The van der Waals surface area contributed by atoms with Crippen molar-refractivity contribution >= 4 is 11.9 Å². The third-order valence-electron chi connectivity index (χ3n) is 5.53. The van der Waals surface area contributed by atoms with E-state index in [0.717, 1.165) is 25.1 Å². The molecule has 0 aliphatic heterocycles. The summed E-state index contributed by atoms with van der Waals surface area (Å²) in [6, 6.07) is 0.174. The average Bonchev–Trinajstić information content (AvgIpc) is 2.91. The Morgan fingerprint density at radius 3 is 2.48 bits per heavy atom. The van der Waals surface area contributed by atoms with E-state index in [0.29, 0.717) is 11.9 Å². The topological polar surface area (TPSA) is 74.6 Å². The number of amides is 1. The van der Waals surface area contributed by atoms with Crippen molar-refractivity contribution in [2.24, 2.45) is 18.0 Å². The Balaban J connectivity index is 2.80. The van der Waals surface area contributed by atoms with E-state index in [-0.39, 0.29) is 18.5 Å². The normalized spacial score (nSPS) is 13.9. The maximum atomic E-state index is 12.0. The number of aromatic nitrogens is 2. The van der Waals surface area contributed by atoms with Crippen LogP contribution >= 0.6 is 0 Å². The molecule has 0 spiro atoms. The number of hydrogen-bond acceptors (Lipinski definition) is 3. The minimum absolute atomic E-state index is 0.00396. The summed E-state index contributed by atoms with van der Waals surface area (Å²) in [6.45, 7) is 11.8. The molecule has 0 aliphatic carbocycles. The van der Waals surface area contributed by atoms with Crippen LogP contribution < -0.4 is 10.6 Å². The highest BCUT2D eigenvalue weighted by molar-refractivity contribution is 5.84. The first-order valence-corrected chi connectivity index (χ1v) is 10.9. The van der Waals surface area contributed by atoms with Gasteiger partial charge in [0, 0.05) is 39.4 Å². The fourth-order valence-corrected chi connectivity index (χ4v) is 3.33. The molecule has 2 N–H and O–H groups in total. The van der Waals surface area contributed by atoms with Gasteiger partial charge in [0.05, 0.1) is 5.69 Å². The van der Waals surface area contributed by atoms with Gasteiger partial charge in [0.2, 0.25) is 5.91 Å². The lowest BCUT2D eigenvalue weighted by Crippen LogP contribution is -2.45. The van der Waals surface area contributed by atoms with E-state index in [1.165, 1.54) is 30.5 Å². The van der Waals surface area contributed by atoms with Gasteiger partial charge in [-0.3, -0.25) is 9.48 Å².